The van der Waals surface area contributed by atoms with Crippen LogP contribution in [-0.4, -0.2) is 87.9 Å². The van der Waals surface area contributed by atoms with Gasteiger partial charge in [0.15, 0.2) is 11.1 Å². The minimum Gasteiger partial charge on any atom is -0.739 e. The second-order valence-corrected chi connectivity index (χ2v) is 18.6. The van der Waals surface area contributed by atoms with Gasteiger partial charge in [0.1, 0.15) is 24.7 Å². The van der Waals surface area contributed by atoms with Gasteiger partial charge in [-0.3, -0.25) is 10.5 Å². The monoisotopic (exact) mass is 1000 g/mol. The second kappa shape index (κ2) is 22.3. The number of ether oxygens (including phenoxy) is 2. The molecule has 8 aromatic rings. The highest BCUT2D eigenvalue weighted by molar-refractivity contribution is 6.18. The molecule has 0 bridgehead atoms. The standard InChI is InChI=1S/C26H28ClNO.C23H23N3O5.C7H6N4O2/c1-28(2)19-20-29-24-15-13-23(14-16-24)26(22-11-7-4-8-12-22)25(17-18-27)21-9-5-3-6-10-21;1-4-23(30)16-8-18-20-12(9-26(18)21(28)15(16)11-31-22(23)29)7-13-14(10-25(2)3)19(27)6-5-17(13)24-20;8-7-9-11(13)6-4-2-1-3-5(6)10(7)12/h3-16H,17-20H2,1-2H3;5-8,27,30H,4,9-11H2,1-3H3;1-4H,(H2,8,9)/b26-25-;;/t;23-;/m.0./s1. The largest absolute Gasteiger partial charge is 0.739 e. The number of phenolic OH excluding ortho intramolecular Hbond substituents is 1. The Kier molecular flexibility index (Phi) is 15.7. The molecule has 0 unspecified atom stereocenters. The lowest BCUT2D eigenvalue weighted by Crippen LogP contribution is -2.44. The minimum atomic E-state index is -1.84. The van der Waals surface area contributed by atoms with E-state index in [1.165, 1.54) is 40.0 Å². The van der Waals surface area contributed by atoms with Crippen molar-refractivity contribution in [2.45, 2.75) is 45.1 Å². The Bertz CT molecular complexity index is 3390. The van der Waals surface area contributed by atoms with Crippen molar-refractivity contribution < 1.29 is 34.1 Å². The number of esters is 1. The van der Waals surface area contributed by atoms with Crippen LogP contribution in [0.3, 0.4) is 0 Å². The SMILES string of the molecule is CC[C@@]1(O)C(=O)OCc2c1cc1n(c2=O)Cc2cc3c(CN(C)C)c(O)ccc3nc2-1.CN(C)CCOc1ccc(/C(=C(/CCCl)c2ccccc2)c2ccccc2)cc1.Nc1n[n+]([O-])c2ccccc2[n+]1[O-]. The number of carbonyl (C=O) groups is 1. The predicted octanol–water partition coefficient (Wildman–Crippen LogP) is 7.15. The molecule has 16 nitrogen and oxygen atoms in total. The fraction of sp³-hybridized carbons (Fsp3) is 0.250. The van der Waals surface area contributed by atoms with Crippen molar-refractivity contribution in [2.75, 3.05) is 53.0 Å². The molecule has 0 saturated heterocycles. The van der Waals surface area contributed by atoms with E-state index in [1.807, 2.05) is 51.3 Å². The van der Waals surface area contributed by atoms with Gasteiger partial charge in [0.2, 0.25) is 5.10 Å². The molecule has 0 radical (unpaired) electrons. The molecule has 376 valence electrons. The van der Waals surface area contributed by atoms with E-state index >= 15 is 0 Å². The summed E-state index contributed by atoms with van der Waals surface area (Å²) in [6.07, 6.45) is 0.907. The number of nitrogen functional groups attached to an aromatic ring is 1. The van der Waals surface area contributed by atoms with Gasteiger partial charge in [-0.05, 0) is 111 Å². The van der Waals surface area contributed by atoms with Crippen LogP contribution in [0.4, 0.5) is 5.95 Å². The summed E-state index contributed by atoms with van der Waals surface area (Å²) in [6.45, 7) is 3.98. The van der Waals surface area contributed by atoms with Gasteiger partial charge in [-0.2, -0.15) is 0 Å². The van der Waals surface area contributed by atoms with Crippen molar-refractivity contribution in [3.63, 3.8) is 0 Å². The maximum atomic E-state index is 13.2. The first kappa shape index (κ1) is 51.5. The van der Waals surface area contributed by atoms with Gasteiger partial charge < -0.3 is 44.5 Å². The summed E-state index contributed by atoms with van der Waals surface area (Å²) in [5, 5.41) is 47.9. The molecule has 5 aromatic carbocycles. The first-order valence-corrected chi connectivity index (χ1v) is 24.3. The highest BCUT2D eigenvalue weighted by Gasteiger charge is 2.45. The Labute approximate surface area is 427 Å². The number of nitrogens with two attached hydrogens (primary N) is 1. The molecule has 73 heavy (non-hydrogen) atoms. The third kappa shape index (κ3) is 10.8. The quantitative estimate of drug-likeness (QED) is 0.0366. The summed E-state index contributed by atoms with van der Waals surface area (Å²) in [7, 11) is 7.95. The first-order valence-electron chi connectivity index (χ1n) is 23.7. The molecule has 17 heteroatoms. The number of aromatic nitrogens is 5. The van der Waals surface area contributed by atoms with Crippen molar-refractivity contribution in [2.24, 2.45) is 0 Å². The molecule has 0 spiro atoms. The van der Waals surface area contributed by atoms with Gasteiger partial charge in [0.05, 0.1) is 29.0 Å². The zero-order chi connectivity index (χ0) is 52.0. The van der Waals surface area contributed by atoms with Crippen LogP contribution in [0.15, 0.2) is 138 Å². The number of alkyl halides is 1. The normalized spacial score (nSPS) is 14.8. The van der Waals surface area contributed by atoms with Crippen molar-refractivity contribution in [3.05, 3.63) is 193 Å². The number of likely N-dealkylation sites (N-methyl/N-ethyl adjacent to an activating group) is 1. The van der Waals surface area contributed by atoms with Crippen LogP contribution in [0, 0.1) is 10.4 Å². The van der Waals surface area contributed by atoms with E-state index in [2.05, 4.69) is 82.8 Å². The summed E-state index contributed by atoms with van der Waals surface area (Å²) < 4.78 is 13.0. The van der Waals surface area contributed by atoms with Gasteiger partial charge in [0, 0.05) is 52.0 Å². The Morgan fingerprint density at radius 3 is 2.15 bits per heavy atom. The number of hydrogen-bond acceptors (Lipinski definition) is 13. The van der Waals surface area contributed by atoms with Crippen molar-refractivity contribution in [3.8, 4) is 22.9 Å². The molecule has 0 aliphatic carbocycles. The van der Waals surface area contributed by atoms with E-state index < -0.39 is 11.6 Å². The molecule has 0 saturated carbocycles. The molecular formula is C56H57ClN8O8. The third-order valence-electron chi connectivity index (χ3n) is 12.7. The first-order chi connectivity index (χ1) is 35.1. The number of carbonyl (C=O) groups excluding carboxylic acids is 1. The summed E-state index contributed by atoms with van der Waals surface area (Å²) in [4.78, 5) is 34.7. The number of para-hydroxylation sites is 2. The minimum absolute atomic E-state index is 0.104. The van der Waals surface area contributed by atoms with Gasteiger partial charge in [-0.25, -0.2) is 14.5 Å². The van der Waals surface area contributed by atoms with Crippen LogP contribution in [0.5, 0.6) is 11.5 Å². The van der Waals surface area contributed by atoms with Gasteiger partial charge in [-0.1, -0.05) is 91.9 Å². The summed E-state index contributed by atoms with van der Waals surface area (Å²) >= 11 is 6.21. The number of aromatic hydroxyl groups is 1. The summed E-state index contributed by atoms with van der Waals surface area (Å²) in [5.41, 5.74) is 13.7. The van der Waals surface area contributed by atoms with E-state index in [0.717, 1.165) is 35.2 Å². The van der Waals surface area contributed by atoms with E-state index in [4.69, 9.17) is 31.8 Å². The molecule has 2 aliphatic rings. The Balaban J connectivity index is 0.000000157. The lowest BCUT2D eigenvalue weighted by molar-refractivity contribution is -0.672. The Hall–Kier alpha value is -7.89. The number of nitrogens with zero attached hydrogens (tertiary/aromatic N) is 7. The number of fused-ring (bicyclic) bond motifs is 6. The molecule has 0 amide bonds. The number of hydrogen-bond donors (Lipinski definition) is 3. The number of cyclic esters (lactones) is 1. The average molecular weight is 1010 g/mol. The number of rotatable bonds is 12. The van der Waals surface area contributed by atoms with Crippen LogP contribution in [0.25, 0.3) is 44.5 Å². The number of halogens is 1. The lowest BCUT2D eigenvalue weighted by atomic mass is 9.86. The van der Waals surface area contributed by atoms with Gasteiger partial charge in [-0.15, -0.1) is 11.6 Å². The second-order valence-electron chi connectivity index (χ2n) is 18.2. The smallest absolute Gasteiger partial charge is 0.458 e. The zero-order valence-corrected chi connectivity index (χ0v) is 42.0. The Morgan fingerprint density at radius 2 is 1.51 bits per heavy atom. The maximum Gasteiger partial charge on any atom is 0.458 e. The van der Waals surface area contributed by atoms with Gasteiger partial charge >= 0.3 is 11.9 Å². The fourth-order valence-corrected chi connectivity index (χ4v) is 9.21. The molecular weight excluding hydrogens is 948 g/mol. The molecule has 1 atom stereocenters. The van der Waals surface area contributed by atoms with Crippen LogP contribution in [-0.2, 0) is 34.8 Å². The van der Waals surface area contributed by atoms with Gasteiger partial charge in [0.25, 0.3) is 11.1 Å². The van der Waals surface area contributed by atoms with E-state index in [9.17, 15) is 30.2 Å². The summed E-state index contributed by atoms with van der Waals surface area (Å²) in [5.74, 6) is 0.581. The number of allylic oxidation sites excluding steroid dienone is 1. The van der Waals surface area contributed by atoms with Crippen molar-refractivity contribution >= 4 is 56.6 Å². The molecule has 0 fully saturated rings. The number of aliphatic hydroxyl groups is 1. The van der Waals surface area contributed by atoms with Crippen molar-refractivity contribution in [1.82, 2.24) is 24.4 Å². The Morgan fingerprint density at radius 1 is 0.863 bits per heavy atom. The average Bonchev–Trinajstić information content (AvgIpc) is 3.76. The highest BCUT2D eigenvalue weighted by Crippen LogP contribution is 2.40. The number of phenols is 1. The highest BCUT2D eigenvalue weighted by atomic mass is 35.5. The lowest BCUT2D eigenvalue weighted by Gasteiger charge is -2.31. The van der Waals surface area contributed by atoms with E-state index in [-0.39, 0.29) is 41.3 Å². The topological polar surface area (TPSA) is 210 Å². The molecule has 4 N–H and O–H groups in total. The van der Waals surface area contributed by atoms with Crippen LogP contribution >= 0.6 is 11.6 Å². The fourth-order valence-electron chi connectivity index (χ4n) is 9.02. The van der Waals surface area contributed by atoms with E-state index in [1.54, 1.807) is 41.8 Å². The predicted molar refractivity (Wildman–Crippen MR) is 282 cm³/mol. The molecule has 2 aliphatic heterocycles. The van der Waals surface area contributed by atoms with E-state index in [0.29, 0.717) is 63.2 Å². The number of benzene rings is 5. The van der Waals surface area contributed by atoms with Crippen LogP contribution in [0.2, 0.25) is 0 Å². The summed E-state index contributed by atoms with van der Waals surface area (Å²) in [6, 6.07) is 42.8. The number of pyridine rings is 2. The molecule has 10 rings (SSSR count). The third-order valence-corrected chi connectivity index (χ3v) is 12.9. The van der Waals surface area contributed by atoms with Crippen LogP contribution in [0.1, 0.15) is 58.7 Å². The molecule has 3 aromatic heterocycles. The van der Waals surface area contributed by atoms with Crippen LogP contribution < -0.4 is 25.6 Å². The maximum absolute atomic E-state index is 13.2. The van der Waals surface area contributed by atoms with Crippen molar-refractivity contribution in [1.29, 1.82) is 0 Å². The number of anilines is 1. The molecule has 5 heterocycles. The zero-order valence-electron chi connectivity index (χ0n) is 41.3.